The predicted octanol–water partition coefficient (Wildman–Crippen LogP) is 3.96. The van der Waals surface area contributed by atoms with Crippen LogP contribution in [0.3, 0.4) is 0 Å². The van der Waals surface area contributed by atoms with Gasteiger partial charge in [-0.3, -0.25) is 19.4 Å². The first kappa shape index (κ1) is 19.1. The molecule has 0 aromatic carbocycles. The van der Waals surface area contributed by atoms with Gasteiger partial charge in [0.1, 0.15) is 5.75 Å². The first-order valence-corrected chi connectivity index (χ1v) is 9.84. The minimum absolute atomic E-state index is 0.0432. The highest BCUT2D eigenvalue weighted by Crippen LogP contribution is 2.43. The average molecular weight is 391 g/mol. The Bertz CT molecular complexity index is 1090. The standard InChI is InChI=1S/C22H25N5O2/c1-6-26-13-16(11-24-26)27-21(28)19-14(3)8-18(25-20(19)22(27,4)5)15-9-17(29-7-2)12-23-10-15/h8-13H,6-7H2,1-5H3. The molecule has 0 radical (unpaired) electrons. The molecule has 3 aromatic rings. The molecule has 3 aromatic heterocycles. The van der Waals surface area contributed by atoms with Crippen molar-refractivity contribution in [3.8, 4) is 17.0 Å². The number of rotatable bonds is 5. The normalized spacial score (nSPS) is 14.9. The molecule has 0 saturated heterocycles. The number of aromatic nitrogens is 4. The molecule has 0 saturated carbocycles. The lowest BCUT2D eigenvalue weighted by atomic mass is 9.96. The van der Waals surface area contributed by atoms with Crippen LogP contribution in [-0.2, 0) is 12.1 Å². The number of amides is 1. The molecule has 0 N–H and O–H groups in total. The quantitative estimate of drug-likeness (QED) is 0.658. The second-order valence-corrected chi connectivity index (χ2v) is 7.64. The van der Waals surface area contributed by atoms with Gasteiger partial charge in [-0.25, -0.2) is 4.98 Å². The summed E-state index contributed by atoms with van der Waals surface area (Å²) in [5.41, 5.74) is 4.15. The maximum absolute atomic E-state index is 13.3. The summed E-state index contributed by atoms with van der Waals surface area (Å²) in [7, 11) is 0. The minimum atomic E-state index is -0.597. The van der Waals surface area contributed by atoms with Gasteiger partial charge in [-0.05, 0) is 52.3 Å². The molecule has 0 aliphatic carbocycles. The molecule has 1 amide bonds. The van der Waals surface area contributed by atoms with Gasteiger partial charge in [0.2, 0.25) is 0 Å². The zero-order valence-corrected chi connectivity index (χ0v) is 17.4. The maximum Gasteiger partial charge on any atom is 0.261 e. The topological polar surface area (TPSA) is 73.1 Å². The number of carbonyl (C=O) groups excluding carboxylic acids is 1. The van der Waals surface area contributed by atoms with E-state index in [1.165, 1.54) is 0 Å². The molecule has 1 aliphatic heterocycles. The summed E-state index contributed by atoms with van der Waals surface area (Å²) in [4.78, 5) is 24.3. The van der Waals surface area contributed by atoms with E-state index in [-0.39, 0.29) is 5.91 Å². The Morgan fingerprint density at radius 1 is 1.14 bits per heavy atom. The van der Waals surface area contributed by atoms with Crippen LogP contribution >= 0.6 is 0 Å². The maximum atomic E-state index is 13.3. The largest absolute Gasteiger partial charge is 0.492 e. The zero-order chi connectivity index (χ0) is 20.8. The molecule has 4 rings (SSSR count). The summed E-state index contributed by atoms with van der Waals surface area (Å²) in [6, 6.07) is 3.87. The minimum Gasteiger partial charge on any atom is -0.492 e. The van der Waals surface area contributed by atoms with Crippen LogP contribution in [0, 0.1) is 6.92 Å². The number of anilines is 1. The Kier molecular flexibility index (Phi) is 4.61. The highest BCUT2D eigenvalue weighted by molar-refractivity contribution is 6.12. The van der Waals surface area contributed by atoms with Crippen molar-refractivity contribution < 1.29 is 9.53 Å². The highest BCUT2D eigenvalue weighted by atomic mass is 16.5. The van der Waals surface area contributed by atoms with Crippen molar-refractivity contribution in [1.82, 2.24) is 19.7 Å². The lowest BCUT2D eigenvalue weighted by Crippen LogP contribution is -2.39. The third kappa shape index (κ3) is 3.06. The molecule has 0 bridgehead atoms. The molecule has 7 heteroatoms. The Hall–Kier alpha value is -3.22. The third-order valence-corrected chi connectivity index (χ3v) is 5.29. The fourth-order valence-electron chi connectivity index (χ4n) is 3.89. The van der Waals surface area contributed by atoms with Gasteiger partial charge in [0.05, 0.1) is 47.2 Å². The summed E-state index contributed by atoms with van der Waals surface area (Å²) in [5, 5.41) is 4.34. The molecular weight excluding hydrogens is 366 g/mol. The molecule has 0 spiro atoms. The van der Waals surface area contributed by atoms with Gasteiger partial charge in [0.25, 0.3) is 5.91 Å². The van der Waals surface area contributed by atoms with Crippen LogP contribution in [0.25, 0.3) is 11.3 Å². The first-order valence-electron chi connectivity index (χ1n) is 9.84. The lowest BCUT2D eigenvalue weighted by Gasteiger charge is -2.30. The van der Waals surface area contributed by atoms with E-state index >= 15 is 0 Å². The number of fused-ring (bicyclic) bond motifs is 1. The molecule has 7 nitrogen and oxygen atoms in total. The van der Waals surface area contributed by atoms with E-state index in [1.807, 2.05) is 57.6 Å². The summed E-state index contributed by atoms with van der Waals surface area (Å²) in [6.45, 7) is 11.3. The van der Waals surface area contributed by atoms with Crippen LogP contribution in [0.5, 0.6) is 5.75 Å². The van der Waals surface area contributed by atoms with Crippen LogP contribution in [0.15, 0.2) is 36.9 Å². The molecule has 1 aliphatic rings. The van der Waals surface area contributed by atoms with Crippen LogP contribution in [0.1, 0.15) is 49.3 Å². The van der Waals surface area contributed by atoms with Crippen LogP contribution in [-0.4, -0.2) is 32.3 Å². The van der Waals surface area contributed by atoms with Gasteiger partial charge in [-0.15, -0.1) is 0 Å². The number of aryl methyl sites for hydroxylation is 2. The SMILES string of the molecule is CCOc1cncc(-c2cc(C)c3c(n2)C(C)(C)N(c2cnn(CC)c2)C3=O)c1. The monoisotopic (exact) mass is 391 g/mol. The Morgan fingerprint density at radius 2 is 1.93 bits per heavy atom. The molecule has 0 unspecified atom stereocenters. The fourth-order valence-corrected chi connectivity index (χ4v) is 3.89. The fraction of sp³-hybridized carbons (Fsp3) is 0.364. The van der Waals surface area contributed by atoms with E-state index in [4.69, 9.17) is 9.72 Å². The van der Waals surface area contributed by atoms with Gasteiger partial charge in [-0.2, -0.15) is 5.10 Å². The van der Waals surface area contributed by atoms with Gasteiger partial charge in [0.15, 0.2) is 0 Å². The molecular formula is C22H25N5O2. The van der Waals surface area contributed by atoms with E-state index in [1.54, 1.807) is 23.5 Å². The summed E-state index contributed by atoms with van der Waals surface area (Å²) >= 11 is 0. The highest BCUT2D eigenvalue weighted by Gasteiger charge is 2.46. The Morgan fingerprint density at radius 3 is 2.62 bits per heavy atom. The Labute approximate surface area is 170 Å². The number of hydrogen-bond acceptors (Lipinski definition) is 5. The van der Waals surface area contributed by atoms with Crippen molar-refractivity contribution >= 4 is 11.6 Å². The third-order valence-electron chi connectivity index (χ3n) is 5.29. The smallest absolute Gasteiger partial charge is 0.261 e. The van der Waals surface area contributed by atoms with Gasteiger partial charge in [-0.1, -0.05) is 0 Å². The molecule has 0 atom stereocenters. The van der Waals surface area contributed by atoms with Gasteiger partial charge in [0, 0.05) is 24.5 Å². The predicted molar refractivity (Wildman–Crippen MR) is 111 cm³/mol. The van der Waals surface area contributed by atoms with Crippen molar-refractivity contribution in [3.63, 3.8) is 0 Å². The second kappa shape index (κ2) is 6.99. The average Bonchev–Trinajstić information content (AvgIpc) is 3.23. The van der Waals surface area contributed by atoms with Crippen molar-refractivity contribution in [1.29, 1.82) is 0 Å². The number of hydrogen-bond donors (Lipinski definition) is 0. The van der Waals surface area contributed by atoms with E-state index in [9.17, 15) is 4.79 Å². The van der Waals surface area contributed by atoms with Crippen molar-refractivity contribution in [3.05, 3.63) is 53.7 Å². The molecule has 0 fully saturated rings. The van der Waals surface area contributed by atoms with E-state index in [0.717, 1.165) is 34.7 Å². The van der Waals surface area contributed by atoms with Crippen molar-refractivity contribution in [2.75, 3.05) is 11.5 Å². The number of pyridine rings is 2. The second-order valence-electron chi connectivity index (χ2n) is 7.64. The van der Waals surface area contributed by atoms with Crippen LogP contribution < -0.4 is 9.64 Å². The summed E-state index contributed by atoms with van der Waals surface area (Å²) < 4.78 is 7.39. The number of carbonyl (C=O) groups is 1. The number of nitrogens with zero attached hydrogens (tertiary/aromatic N) is 5. The van der Waals surface area contributed by atoms with E-state index < -0.39 is 5.54 Å². The summed E-state index contributed by atoms with van der Waals surface area (Å²) in [5.74, 6) is 0.660. The number of ether oxygens (including phenoxy) is 1. The Balaban J connectivity index is 1.81. The van der Waals surface area contributed by atoms with E-state index in [0.29, 0.717) is 17.9 Å². The lowest BCUT2D eigenvalue weighted by molar-refractivity contribution is 0.0981. The van der Waals surface area contributed by atoms with Gasteiger partial charge >= 0.3 is 0 Å². The van der Waals surface area contributed by atoms with E-state index in [2.05, 4.69) is 10.1 Å². The van der Waals surface area contributed by atoms with Crippen LogP contribution in [0.4, 0.5) is 5.69 Å². The molecule has 150 valence electrons. The van der Waals surface area contributed by atoms with Gasteiger partial charge < -0.3 is 4.74 Å². The molecule has 4 heterocycles. The molecule has 29 heavy (non-hydrogen) atoms. The van der Waals surface area contributed by atoms with Crippen LogP contribution in [0.2, 0.25) is 0 Å². The summed E-state index contributed by atoms with van der Waals surface area (Å²) in [6.07, 6.45) is 7.09. The van der Waals surface area contributed by atoms with Crippen molar-refractivity contribution in [2.45, 2.75) is 46.7 Å². The first-order chi connectivity index (χ1) is 13.9. The zero-order valence-electron chi connectivity index (χ0n) is 17.4. The van der Waals surface area contributed by atoms with Crippen molar-refractivity contribution in [2.24, 2.45) is 0 Å².